The van der Waals surface area contributed by atoms with Crippen LogP contribution >= 0.6 is 15.9 Å². The highest BCUT2D eigenvalue weighted by Crippen LogP contribution is 2.30. The smallest absolute Gasteiger partial charge is 0.416 e. The Balaban J connectivity index is 1.54. The van der Waals surface area contributed by atoms with Gasteiger partial charge in [0.1, 0.15) is 11.5 Å². The van der Waals surface area contributed by atoms with Crippen molar-refractivity contribution in [1.29, 1.82) is 0 Å². The summed E-state index contributed by atoms with van der Waals surface area (Å²) in [5.41, 5.74) is 0.540. The fourth-order valence-electron chi connectivity index (χ4n) is 3.51. The quantitative estimate of drug-likeness (QED) is 0.695. The SMILES string of the molecule is Cc1oc(C)c(C(=O)NC2CCN(Cc3cccc(C(F)(F)F)c3)CC2)c1Br. The van der Waals surface area contributed by atoms with E-state index in [1.807, 2.05) is 0 Å². The van der Waals surface area contributed by atoms with E-state index in [1.54, 1.807) is 19.9 Å². The third-order valence-corrected chi connectivity index (χ3v) is 5.95. The average molecular weight is 459 g/mol. The molecule has 3 rings (SSSR count). The number of halogens is 4. The van der Waals surface area contributed by atoms with Gasteiger partial charge in [-0.15, -0.1) is 0 Å². The molecule has 0 atom stereocenters. The topological polar surface area (TPSA) is 45.5 Å². The van der Waals surface area contributed by atoms with Gasteiger partial charge in [0.2, 0.25) is 0 Å². The highest BCUT2D eigenvalue weighted by molar-refractivity contribution is 9.10. The molecule has 152 valence electrons. The number of nitrogens with one attached hydrogen (secondary N) is 1. The van der Waals surface area contributed by atoms with E-state index >= 15 is 0 Å². The number of hydrogen-bond donors (Lipinski definition) is 1. The van der Waals surface area contributed by atoms with E-state index in [2.05, 4.69) is 26.1 Å². The van der Waals surface area contributed by atoms with Crippen LogP contribution in [0.1, 0.15) is 45.8 Å². The van der Waals surface area contributed by atoms with Crippen molar-refractivity contribution < 1.29 is 22.4 Å². The molecule has 1 N–H and O–H groups in total. The van der Waals surface area contributed by atoms with Crippen LogP contribution < -0.4 is 5.32 Å². The molecule has 0 unspecified atom stereocenters. The van der Waals surface area contributed by atoms with Crippen LogP contribution in [0.25, 0.3) is 0 Å². The molecule has 0 radical (unpaired) electrons. The first kappa shape index (κ1) is 20.9. The zero-order valence-corrected chi connectivity index (χ0v) is 17.3. The van der Waals surface area contributed by atoms with Gasteiger partial charge in [0, 0.05) is 25.7 Å². The van der Waals surface area contributed by atoms with Gasteiger partial charge in [-0.2, -0.15) is 13.2 Å². The summed E-state index contributed by atoms with van der Waals surface area (Å²) in [7, 11) is 0. The van der Waals surface area contributed by atoms with Crippen LogP contribution in [-0.4, -0.2) is 29.9 Å². The number of nitrogens with zero attached hydrogens (tertiary/aromatic N) is 1. The Bertz CT molecular complexity index is 856. The van der Waals surface area contributed by atoms with Gasteiger partial charge in [0.05, 0.1) is 15.6 Å². The maximum absolute atomic E-state index is 12.9. The number of furan rings is 1. The molecule has 28 heavy (non-hydrogen) atoms. The van der Waals surface area contributed by atoms with E-state index in [0.717, 1.165) is 18.9 Å². The zero-order chi connectivity index (χ0) is 20.5. The maximum Gasteiger partial charge on any atom is 0.416 e. The molecule has 0 spiro atoms. The molecule has 1 fully saturated rings. The van der Waals surface area contributed by atoms with Crippen molar-refractivity contribution in [3.8, 4) is 0 Å². The second-order valence-electron chi connectivity index (χ2n) is 7.13. The number of amides is 1. The van der Waals surface area contributed by atoms with Gasteiger partial charge >= 0.3 is 6.18 Å². The number of alkyl halides is 3. The molecule has 1 aromatic carbocycles. The Hall–Kier alpha value is -1.80. The average Bonchev–Trinajstić information content (AvgIpc) is 2.88. The minimum Gasteiger partial charge on any atom is -0.465 e. The predicted octanol–water partition coefficient (Wildman–Crippen LogP) is 5.07. The molecular formula is C20H22BrF3N2O2. The van der Waals surface area contributed by atoms with Gasteiger partial charge in [-0.05, 0) is 54.2 Å². The summed E-state index contributed by atoms with van der Waals surface area (Å²) < 4.78 is 44.7. The van der Waals surface area contributed by atoms with E-state index in [9.17, 15) is 18.0 Å². The molecule has 0 saturated carbocycles. The summed E-state index contributed by atoms with van der Waals surface area (Å²) in [6, 6.07) is 5.48. The number of hydrogen-bond acceptors (Lipinski definition) is 3. The lowest BCUT2D eigenvalue weighted by Crippen LogP contribution is -2.44. The monoisotopic (exact) mass is 458 g/mol. The number of aryl methyl sites for hydroxylation is 2. The number of carbonyl (C=O) groups excluding carboxylic acids is 1. The van der Waals surface area contributed by atoms with Crippen molar-refractivity contribution in [2.24, 2.45) is 0 Å². The Morgan fingerprint density at radius 3 is 2.50 bits per heavy atom. The van der Waals surface area contributed by atoms with E-state index in [-0.39, 0.29) is 11.9 Å². The van der Waals surface area contributed by atoms with Gasteiger partial charge in [-0.25, -0.2) is 0 Å². The molecule has 1 aromatic heterocycles. The molecule has 2 heterocycles. The molecule has 2 aromatic rings. The summed E-state index contributed by atoms with van der Waals surface area (Å²) in [5, 5.41) is 3.04. The minimum atomic E-state index is -4.33. The first-order valence-corrected chi connectivity index (χ1v) is 9.89. The van der Waals surface area contributed by atoms with Crippen LogP contribution in [0.5, 0.6) is 0 Å². The third-order valence-electron chi connectivity index (χ3n) is 5.00. The van der Waals surface area contributed by atoms with Crippen molar-refractivity contribution in [3.63, 3.8) is 0 Å². The van der Waals surface area contributed by atoms with Crippen LogP contribution in [0.15, 0.2) is 33.2 Å². The van der Waals surface area contributed by atoms with Gasteiger partial charge in [-0.1, -0.05) is 18.2 Å². The van der Waals surface area contributed by atoms with Gasteiger partial charge < -0.3 is 9.73 Å². The molecule has 1 saturated heterocycles. The highest BCUT2D eigenvalue weighted by atomic mass is 79.9. The van der Waals surface area contributed by atoms with Crippen molar-refractivity contribution in [2.45, 2.75) is 45.5 Å². The van der Waals surface area contributed by atoms with Crippen molar-refractivity contribution in [1.82, 2.24) is 10.2 Å². The van der Waals surface area contributed by atoms with E-state index < -0.39 is 11.7 Å². The molecule has 0 bridgehead atoms. The second-order valence-corrected chi connectivity index (χ2v) is 7.92. The maximum atomic E-state index is 12.9. The van der Waals surface area contributed by atoms with E-state index in [1.165, 1.54) is 12.1 Å². The van der Waals surface area contributed by atoms with Crippen molar-refractivity contribution in [3.05, 3.63) is 56.9 Å². The summed E-state index contributed by atoms with van der Waals surface area (Å²) in [4.78, 5) is 14.7. The van der Waals surface area contributed by atoms with Crippen LogP contribution in [0.4, 0.5) is 13.2 Å². The first-order chi connectivity index (χ1) is 13.1. The summed E-state index contributed by atoms with van der Waals surface area (Å²) in [5.74, 6) is 1.07. The van der Waals surface area contributed by atoms with E-state index in [0.29, 0.717) is 46.8 Å². The molecule has 4 nitrogen and oxygen atoms in total. The van der Waals surface area contributed by atoms with Crippen LogP contribution in [0.3, 0.4) is 0 Å². The first-order valence-electron chi connectivity index (χ1n) is 9.10. The van der Waals surface area contributed by atoms with Gasteiger partial charge in [0.15, 0.2) is 0 Å². The number of benzene rings is 1. The summed E-state index contributed by atoms with van der Waals surface area (Å²) in [6.07, 6.45) is -2.83. The Morgan fingerprint density at radius 1 is 1.25 bits per heavy atom. The zero-order valence-electron chi connectivity index (χ0n) is 15.7. The number of rotatable bonds is 4. The lowest BCUT2D eigenvalue weighted by atomic mass is 10.0. The normalized spacial score (nSPS) is 16.4. The fourth-order valence-corrected chi connectivity index (χ4v) is 4.05. The molecule has 1 amide bonds. The summed E-state index contributed by atoms with van der Waals surface area (Å²) in [6.45, 7) is 5.44. The number of carbonyl (C=O) groups is 1. The Kier molecular flexibility index (Phi) is 6.19. The Morgan fingerprint density at radius 2 is 1.93 bits per heavy atom. The molecule has 0 aliphatic carbocycles. The lowest BCUT2D eigenvalue weighted by Gasteiger charge is -2.32. The fraction of sp³-hybridized carbons (Fsp3) is 0.450. The number of piperidine rings is 1. The van der Waals surface area contributed by atoms with Crippen molar-refractivity contribution in [2.75, 3.05) is 13.1 Å². The highest BCUT2D eigenvalue weighted by Gasteiger charge is 2.30. The standard InChI is InChI=1S/C20H22BrF3N2O2/c1-12-17(18(21)13(2)28-12)19(27)25-16-6-8-26(9-7-16)11-14-4-3-5-15(10-14)20(22,23)24/h3-5,10,16H,6-9,11H2,1-2H3,(H,25,27). The third kappa shape index (κ3) is 4.78. The molecule has 8 heteroatoms. The largest absolute Gasteiger partial charge is 0.465 e. The molecule has 1 aliphatic rings. The van der Waals surface area contributed by atoms with Crippen LogP contribution in [0, 0.1) is 13.8 Å². The van der Waals surface area contributed by atoms with E-state index in [4.69, 9.17) is 4.42 Å². The molecule has 1 aliphatic heterocycles. The number of likely N-dealkylation sites (tertiary alicyclic amines) is 1. The van der Waals surface area contributed by atoms with Crippen LogP contribution in [-0.2, 0) is 12.7 Å². The lowest BCUT2D eigenvalue weighted by molar-refractivity contribution is -0.137. The van der Waals surface area contributed by atoms with Gasteiger partial charge in [0.25, 0.3) is 5.91 Å². The van der Waals surface area contributed by atoms with Crippen LogP contribution in [0.2, 0.25) is 0 Å². The van der Waals surface area contributed by atoms with Crippen molar-refractivity contribution >= 4 is 21.8 Å². The summed E-state index contributed by atoms with van der Waals surface area (Å²) >= 11 is 3.39. The van der Waals surface area contributed by atoms with Gasteiger partial charge in [-0.3, -0.25) is 9.69 Å². The predicted molar refractivity (Wildman–Crippen MR) is 103 cm³/mol. The Labute approximate surface area is 170 Å². The second kappa shape index (κ2) is 8.29. The minimum absolute atomic E-state index is 0.0340. The molecular weight excluding hydrogens is 437 g/mol.